The average molecular weight is 269 g/mol. The van der Waals surface area contributed by atoms with Crippen LogP contribution in [0.15, 0.2) is 18.2 Å². The van der Waals surface area contributed by atoms with Crippen molar-refractivity contribution in [2.75, 3.05) is 32.9 Å². The molecule has 2 N–H and O–H groups in total. The molecule has 1 aromatic rings. The second-order valence-corrected chi connectivity index (χ2v) is 4.46. The van der Waals surface area contributed by atoms with Gasteiger partial charge in [0.15, 0.2) is 5.75 Å². The lowest BCUT2D eigenvalue weighted by atomic mass is 10.0. The molecule has 6 nitrogen and oxygen atoms in total. The quantitative estimate of drug-likeness (QED) is 0.634. The van der Waals surface area contributed by atoms with Crippen molar-refractivity contribution in [3.05, 3.63) is 33.9 Å². The molecule has 0 aromatic heterocycles. The number of halogens is 1. The first-order valence-electron chi connectivity index (χ1n) is 6.11. The molecule has 2 rings (SSSR count). The van der Waals surface area contributed by atoms with E-state index in [1.807, 2.05) is 4.90 Å². The molecule has 1 aliphatic heterocycles. The minimum Gasteiger partial charge on any atom is -0.502 e. The first-order chi connectivity index (χ1) is 9.13. The zero-order valence-corrected chi connectivity index (χ0v) is 10.4. The Morgan fingerprint density at radius 1 is 1.47 bits per heavy atom. The van der Waals surface area contributed by atoms with Crippen LogP contribution >= 0.6 is 0 Å². The molecule has 1 heterocycles. The van der Waals surface area contributed by atoms with Crippen LogP contribution in [0.5, 0.6) is 5.75 Å². The maximum absolute atomic E-state index is 13.3. The van der Waals surface area contributed by atoms with E-state index >= 15 is 0 Å². The van der Waals surface area contributed by atoms with Gasteiger partial charge in [-0.05, 0) is 11.6 Å². The van der Waals surface area contributed by atoms with E-state index in [1.165, 1.54) is 18.2 Å². The Morgan fingerprint density at radius 3 is 2.74 bits per heavy atom. The Balaban J connectivity index is 2.27. The summed E-state index contributed by atoms with van der Waals surface area (Å²) >= 11 is 0. The summed E-state index contributed by atoms with van der Waals surface area (Å²) in [5, 5.41) is 23.4. The molecule has 7 heteroatoms. The fraction of sp³-hybridized carbons (Fsp3) is 0.500. The Kier molecular flexibility index (Phi) is 4.28. The zero-order valence-electron chi connectivity index (χ0n) is 10.4. The first-order valence-corrected chi connectivity index (χ1v) is 6.11. The van der Waals surface area contributed by atoms with Crippen molar-refractivity contribution in [3.8, 4) is 5.75 Å². The van der Waals surface area contributed by atoms with E-state index in [1.54, 1.807) is 0 Å². The van der Waals surface area contributed by atoms with Crippen molar-refractivity contribution >= 4 is 5.69 Å². The van der Waals surface area contributed by atoms with Crippen molar-refractivity contribution in [2.24, 2.45) is 0 Å². The maximum Gasteiger partial charge on any atom is 0.311 e. The second kappa shape index (κ2) is 5.94. The molecule has 19 heavy (non-hydrogen) atoms. The summed E-state index contributed by atoms with van der Waals surface area (Å²) in [6, 6.07) is 3.54. The van der Waals surface area contributed by atoms with Crippen molar-refractivity contribution in [2.45, 2.75) is 6.04 Å². The number of nitrogens with one attached hydrogen (secondary N) is 1. The Morgan fingerprint density at radius 2 is 2.16 bits per heavy atom. The number of benzene rings is 1. The van der Waals surface area contributed by atoms with Gasteiger partial charge in [0, 0.05) is 32.2 Å². The highest BCUT2D eigenvalue weighted by Crippen LogP contribution is 2.31. The van der Waals surface area contributed by atoms with E-state index in [4.69, 9.17) is 0 Å². The molecule has 1 aliphatic rings. The second-order valence-electron chi connectivity index (χ2n) is 4.46. The Hall–Kier alpha value is -1.73. The SMILES string of the molecule is O=[N+]([O-])c1cc([C@H](CF)N2CCNCC2)ccc1O. The van der Waals surface area contributed by atoms with Crippen molar-refractivity contribution in [3.63, 3.8) is 0 Å². The van der Waals surface area contributed by atoms with Crippen molar-refractivity contribution in [1.82, 2.24) is 10.2 Å². The molecule has 1 atom stereocenters. The van der Waals surface area contributed by atoms with Gasteiger partial charge < -0.3 is 10.4 Å². The third-order valence-electron chi connectivity index (χ3n) is 3.32. The Bertz CT molecular complexity index is 464. The summed E-state index contributed by atoms with van der Waals surface area (Å²) < 4.78 is 13.3. The lowest BCUT2D eigenvalue weighted by Gasteiger charge is -2.33. The van der Waals surface area contributed by atoms with Gasteiger partial charge in [-0.3, -0.25) is 15.0 Å². The average Bonchev–Trinajstić information content (AvgIpc) is 2.42. The van der Waals surface area contributed by atoms with E-state index < -0.39 is 23.4 Å². The standard InChI is InChI=1S/C12H16FN3O3/c13-8-11(15-5-3-14-4-6-15)9-1-2-12(17)10(7-9)16(18)19/h1-2,7,11,14,17H,3-6,8H2/t11-/m0/s1. The molecule has 1 aromatic carbocycles. The van der Waals surface area contributed by atoms with Crippen LogP contribution in [-0.4, -0.2) is 47.8 Å². The summed E-state index contributed by atoms with van der Waals surface area (Å²) in [5.74, 6) is -0.397. The molecule has 0 saturated carbocycles. The number of hydrogen-bond donors (Lipinski definition) is 2. The van der Waals surface area contributed by atoms with Gasteiger partial charge in [0.1, 0.15) is 6.67 Å². The van der Waals surface area contributed by atoms with Crippen LogP contribution in [0, 0.1) is 10.1 Å². The molecule has 0 bridgehead atoms. The number of aromatic hydroxyl groups is 1. The minimum atomic E-state index is -0.661. The van der Waals surface area contributed by atoms with Crippen LogP contribution in [-0.2, 0) is 0 Å². The smallest absolute Gasteiger partial charge is 0.311 e. The van der Waals surface area contributed by atoms with E-state index in [9.17, 15) is 19.6 Å². The third-order valence-corrected chi connectivity index (χ3v) is 3.32. The lowest BCUT2D eigenvalue weighted by Crippen LogP contribution is -2.45. The minimum absolute atomic E-state index is 0.383. The maximum atomic E-state index is 13.3. The van der Waals surface area contributed by atoms with Crippen LogP contribution in [0.2, 0.25) is 0 Å². The Labute approximate surface area is 110 Å². The highest BCUT2D eigenvalue weighted by Gasteiger charge is 2.24. The van der Waals surface area contributed by atoms with Crippen molar-refractivity contribution in [1.29, 1.82) is 0 Å². The fourth-order valence-corrected chi connectivity index (χ4v) is 2.29. The summed E-state index contributed by atoms with van der Waals surface area (Å²) in [6.45, 7) is 2.34. The number of alkyl halides is 1. The van der Waals surface area contributed by atoms with Crippen LogP contribution in [0.1, 0.15) is 11.6 Å². The number of phenols is 1. The number of phenolic OH excluding ortho intramolecular Hbond substituents is 1. The summed E-state index contributed by atoms with van der Waals surface area (Å²) in [5.41, 5.74) is 0.139. The van der Waals surface area contributed by atoms with Crippen LogP contribution in [0.4, 0.5) is 10.1 Å². The third kappa shape index (κ3) is 2.99. The predicted molar refractivity (Wildman–Crippen MR) is 67.9 cm³/mol. The molecule has 0 spiro atoms. The molecular formula is C12H16FN3O3. The van der Waals surface area contributed by atoms with Crippen molar-refractivity contribution < 1.29 is 14.4 Å². The molecule has 0 aliphatic carbocycles. The van der Waals surface area contributed by atoms with Gasteiger partial charge in [-0.2, -0.15) is 0 Å². The number of piperazine rings is 1. The zero-order chi connectivity index (χ0) is 13.8. The largest absolute Gasteiger partial charge is 0.502 e. The van der Waals surface area contributed by atoms with Gasteiger partial charge in [-0.25, -0.2) is 4.39 Å². The van der Waals surface area contributed by atoms with Gasteiger partial charge in [-0.1, -0.05) is 6.07 Å². The molecule has 104 valence electrons. The highest BCUT2D eigenvalue weighted by atomic mass is 19.1. The van der Waals surface area contributed by atoms with Crippen LogP contribution in [0.25, 0.3) is 0 Å². The van der Waals surface area contributed by atoms with E-state index in [2.05, 4.69) is 5.32 Å². The van der Waals surface area contributed by atoms with E-state index in [0.717, 1.165) is 13.1 Å². The van der Waals surface area contributed by atoms with E-state index in [-0.39, 0.29) is 5.69 Å². The number of nitro groups is 1. The van der Waals surface area contributed by atoms with Gasteiger partial charge in [0.05, 0.1) is 11.0 Å². The van der Waals surface area contributed by atoms with Crippen LogP contribution in [0.3, 0.4) is 0 Å². The monoisotopic (exact) mass is 269 g/mol. The number of nitro benzene ring substituents is 1. The summed E-state index contributed by atoms with van der Waals surface area (Å²) in [6.07, 6.45) is 0. The predicted octanol–water partition coefficient (Wildman–Crippen LogP) is 1.22. The van der Waals surface area contributed by atoms with Gasteiger partial charge >= 0.3 is 5.69 Å². The van der Waals surface area contributed by atoms with Crippen LogP contribution < -0.4 is 5.32 Å². The molecule has 0 radical (unpaired) electrons. The van der Waals surface area contributed by atoms with Gasteiger partial charge in [0.2, 0.25) is 0 Å². The molecule has 0 unspecified atom stereocenters. The molecular weight excluding hydrogens is 253 g/mol. The molecule has 0 amide bonds. The first kappa shape index (κ1) is 13.7. The molecule has 1 saturated heterocycles. The summed E-state index contributed by atoms with van der Waals surface area (Å²) in [7, 11) is 0. The topological polar surface area (TPSA) is 78.6 Å². The normalized spacial score (nSPS) is 18.2. The highest BCUT2D eigenvalue weighted by molar-refractivity contribution is 5.48. The van der Waals surface area contributed by atoms with Gasteiger partial charge in [0.25, 0.3) is 0 Å². The van der Waals surface area contributed by atoms with E-state index in [0.29, 0.717) is 18.7 Å². The molecule has 1 fully saturated rings. The number of hydrogen-bond acceptors (Lipinski definition) is 5. The fourth-order valence-electron chi connectivity index (χ4n) is 2.29. The lowest BCUT2D eigenvalue weighted by molar-refractivity contribution is -0.386. The summed E-state index contributed by atoms with van der Waals surface area (Å²) in [4.78, 5) is 12.1. The van der Waals surface area contributed by atoms with Gasteiger partial charge in [-0.15, -0.1) is 0 Å². The number of rotatable bonds is 4. The number of nitrogens with zero attached hydrogens (tertiary/aromatic N) is 2.